The summed E-state index contributed by atoms with van der Waals surface area (Å²) in [5, 5.41) is 0. The van der Waals surface area contributed by atoms with Crippen molar-refractivity contribution in [2.75, 3.05) is 0 Å². The Morgan fingerprint density at radius 3 is 1.79 bits per heavy atom. The normalized spacial score (nSPS) is 24.6. The molecule has 0 spiro atoms. The van der Waals surface area contributed by atoms with Gasteiger partial charge in [0.2, 0.25) is 0 Å². The van der Waals surface area contributed by atoms with Gasteiger partial charge < -0.3 is 4.90 Å². The van der Waals surface area contributed by atoms with Crippen molar-refractivity contribution >= 4 is 0 Å². The SMILES string of the molecule is CC(C)=CN1C(C)(C)CCCC1(C)C. The zero-order valence-corrected chi connectivity index (χ0v) is 10.6. The second kappa shape index (κ2) is 3.60. The van der Waals surface area contributed by atoms with Crippen molar-refractivity contribution in [2.45, 2.75) is 71.9 Å². The van der Waals surface area contributed by atoms with E-state index in [1.54, 1.807) is 0 Å². The minimum absolute atomic E-state index is 0.318. The summed E-state index contributed by atoms with van der Waals surface area (Å²) in [7, 11) is 0. The minimum atomic E-state index is 0.318. The summed E-state index contributed by atoms with van der Waals surface area (Å²) < 4.78 is 0. The van der Waals surface area contributed by atoms with Gasteiger partial charge in [-0.3, -0.25) is 0 Å². The first-order valence-electron chi connectivity index (χ1n) is 5.70. The number of nitrogens with zero attached hydrogens (tertiary/aromatic N) is 1. The van der Waals surface area contributed by atoms with E-state index >= 15 is 0 Å². The van der Waals surface area contributed by atoms with Gasteiger partial charge in [0.1, 0.15) is 0 Å². The second-order valence-corrected chi connectivity index (χ2v) is 6.05. The van der Waals surface area contributed by atoms with Gasteiger partial charge in [-0.1, -0.05) is 5.57 Å². The van der Waals surface area contributed by atoms with Crippen molar-refractivity contribution in [2.24, 2.45) is 0 Å². The third-order valence-electron chi connectivity index (χ3n) is 3.27. The first kappa shape index (κ1) is 11.6. The van der Waals surface area contributed by atoms with E-state index in [1.165, 1.54) is 24.8 Å². The van der Waals surface area contributed by atoms with Crippen LogP contribution in [0.5, 0.6) is 0 Å². The molecule has 1 heterocycles. The highest BCUT2D eigenvalue weighted by molar-refractivity contribution is 5.06. The number of likely N-dealkylation sites (tertiary alicyclic amines) is 1. The molecule has 0 N–H and O–H groups in total. The maximum atomic E-state index is 2.55. The van der Waals surface area contributed by atoms with Crippen molar-refractivity contribution in [3.63, 3.8) is 0 Å². The molecule has 0 bridgehead atoms. The van der Waals surface area contributed by atoms with E-state index in [0.29, 0.717) is 11.1 Å². The molecule has 1 aliphatic rings. The molecule has 1 rings (SSSR count). The van der Waals surface area contributed by atoms with Gasteiger partial charge in [0.05, 0.1) is 0 Å². The molecule has 0 amide bonds. The molecule has 1 heteroatoms. The molecule has 1 saturated heterocycles. The van der Waals surface area contributed by atoms with Gasteiger partial charge in [-0.2, -0.15) is 0 Å². The fourth-order valence-corrected chi connectivity index (χ4v) is 2.62. The van der Waals surface area contributed by atoms with Crippen LogP contribution in [-0.4, -0.2) is 16.0 Å². The number of hydrogen-bond acceptors (Lipinski definition) is 1. The largest absolute Gasteiger partial charge is 0.367 e. The first-order valence-corrected chi connectivity index (χ1v) is 5.70. The molecule has 0 unspecified atom stereocenters. The maximum Gasteiger partial charge on any atom is 0.0346 e. The Bertz CT molecular complexity index is 216. The molecule has 0 aromatic carbocycles. The minimum Gasteiger partial charge on any atom is -0.367 e. The van der Waals surface area contributed by atoms with E-state index in [-0.39, 0.29) is 0 Å². The van der Waals surface area contributed by atoms with Gasteiger partial charge in [-0.15, -0.1) is 0 Å². The Morgan fingerprint density at radius 2 is 1.43 bits per heavy atom. The molecule has 0 atom stereocenters. The van der Waals surface area contributed by atoms with Crippen molar-refractivity contribution < 1.29 is 0 Å². The molecule has 1 nitrogen and oxygen atoms in total. The van der Waals surface area contributed by atoms with Crippen LogP contribution in [-0.2, 0) is 0 Å². The zero-order chi connectivity index (χ0) is 11.0. The monoisotopic (exact) mass is 195 g/mol. The number of piperidine rings is 1. The van der Waals surface area contributed by atoms with E-state index in [2.05, 4.69) is 52.6 Å². The predicted octanol–water partition coefficient (Wildman–Crippen LogP) is 3.95. The third kappa shape index (κ3) is 2.31. The summed E-state index contributed by atoms with van der Waals surface area (Å²) in [6, 6.07) is 0. The average molecular weight is 195 g/mol. The van der Waals surface area contributed by atoms with Gasteiger partial charge in [0.15, 0.2) is 0 Å². The van der Waals surface area contributed by atoms with Gasteiger partial charge in [0, 0.05) is 11.1 Å². The van der Waals surface area contributed by atoms with E-state index < -0.39 is 0 Å². The highest BCUT2D eigenvalue weighted by Gasteiger charge is 2.38. The quantitative estimate of drug-likeness (QED) is 0.612. The fourth-order valence-electron chi connectivity index (χ4n) is 2.62. The predicted molar refractivity (Wildman–Crippen MR) is 63.3 cm³/mol. The molecule has 0 aromatic rings. The van der Waals surface area contributed by atoms with Gasteiger partial charge in [-0.05, 0) is 67.0 Å². The average Bonchev–Trinajstić information content (AvgIpc) is 1.96. The van der Waals surface area contributed by atoms with E-state index in [4.69, 9.17) is 0 Å². The third-order valence-corrected chi connectivity index (χ3v) is 3.27. The van der Waals surface area contributed by atoms with Gasteiger partial charge >= 0.3 is 0 Å². The summed E-state index contributed by atoms with van der Waals surface area (Å²) in [5.41, 5.74) is 2.03. The van der Waals surface area contributed by atoms with Crippen LogP contribution in [0.1, 0.15) is 60.8 Å². The van der Waals surface area contributed by atoms with Crippen LogP contribution in [0.25, 0.3) is 0 Å². The van der Waals surface area contributed by atoms with Crippen LogP contribution >= 0.6 is 0 Å². The van der Waals surface area contributed by atoms with Crippen LogP contribution in [0.3, 0.4) is 0 Å². The molecular weight excluding hydrogens is 170 g/mol. The molecule has 0 saturated carbocycles. The zero-order valence-electron chi connectivity index (χ0n) is 10.6. The van der Waals surface area contributed by atoms with Crippen molar-refractivity contribution in [3.05, 3.63) is 11.8 Å². The highest BCUT2D eigenvalue weighted by atomic mass is 15.2. The Morgan fingerprint density at radius 1 is 1.00 bits per heavy atom. The second-order valence-electron chi connectivity index (χ2n) is 6.05. The fraction of sp³-hybridized carbons (Fsp3) is 0.846. The maximum absolute atomic E-state index is 2.55. The summed E-state index contributed by atoms with van der Waals surface area (Å²) in [4.78, 5) is 2.55. The molecule has 0 radical (unpaired) electrons. The van der Waals surface area contributed by atoms with Crippen molar-refractivity contribution in [3.8, 4) is 0 Å². The molecule has 0 aliphatic carbocycles. The Kier molecular flexibility index (Phi) is 2.99. The lowest BCUT2D eigenvalue weighted by molar-refractivity contribution is 0.0183. The Labute approximate surface area is 89.2 Å². The van der Waals surface area contributed by atoms with Gasteiger partial charge in [-0.25, -0.2) is 0 Å². The van der Waals surface area contributed by atoms with Crippen LogP contribution in [0, 0.1) is 0 Å². The van der Waals surface area contributed by atoms with Crippen molar-refractivity contribution in [1.82, 2.24) is 4.90 Å². The summed E-state index contributed by atoms with van der Waals surface area (Å²) in [6.45, 7) is 13.8. The standard InChI is InChI=1S/C13H25N/c1-11(2)10-14-12(3,4)8-7-9-13(14,5)6/h10H,7-9H2,1-6H3. The molecule has 1 aliphatic heterocycles. The lowest BCUT2D eigenvalue weighted by Gasteiger charge is -2.53. The van der Waals surface area contributed by atoms with Crippen LogP contribution in [0.2, 0.25) is 0 Å². The van der Waals surface area contributed by atoms with E-state index in [0.717, 1.165) is 0 Å². The lowest BCUT2D eigenvalue weighted by atomic mass is 9.80. The molecular formula is C13H25N. The lowest BCUT2D eigenvalue weighted by Crippen LogP contribution is -2.55. The molecule has 0 aromatic heterocycles. The highest BCUT2D eigenvalue weighted by Crippen LogP contribution is 2.38. The number of allylic oxidation sites excluding steroid dienone is 1. The summed E-state index contributed by atoms with van der Waals surface area (Å²) in [5.74, 6) is 0. The first-order chi connectivity index (χ1) is 6.26. The topological polar surface area (TPSA) is 3.24 Å². The number of rotatable bonds is 1. The van der Waals surface area contributed by atoms with Crippen molar-refractivity contribution in [1.29, 1.82) is 0 Å². The summed E-state index contributed by atoms with van der Waals surface area (Å²) in [6.07, 6.45) is 6.30. The Hall–Kier alpha value is -0.460. The van der Waals surface area contributed by atoms with Crippen LogP contribution in [0.15, 0.2) is 11.8 Å². The molecule has 82 valence electrons. The molecule has 1 fully saturated rings. The smallest absolute Gasteiger partial charge is 0.0346 e. The van der Waals surface area contributed by atoms with Crippen LogP contribution < -0.4 is 0 Å². The Balaban J connectivity index is 2.97. The number of hydrogen-bond donors (Lipinski definition) is 0. The van der Waals surface area contributed by atoms with Crippen LogP contribution in [0.4, 0.5) is 0 Å². The van der Waals surface area contributed by atoms with E-state index in [9.17, 15) is 0 Å². The summed E-state index contributed by atoms with van der Waals surface area (Å²) >= 11 is 0. The molecule has 14 heavy (non-hydrogen) atoms. The van der Waals surface area contributed by atoms with E-state index in [1.807, 2.05) is 0 Å². The van der Waals surface area contributed by atoms with Gasteiger partial charge in [0.25, 0.3) is 0 Å².